The van der Waals surface area contributed by atoms with Crippen LogP contribution in [0.1, 0.15) is 37.8 Å². The van der Waals surface area contributed by atoms with Gasteiger partial charge in [0.15, 0.2) is 17.4 Å². The molecule has 0 N–H and O–H groups in total. The number of ether oxygens (including phenoxy) is 1. The molecule has 4 rings (SSSR count). The number of carbonyl (C=O) groups excluding carboxylic acids is 2. The molecule has 8 heteroatoms. The lowest BCUT2D eigenvalue weighted by atomic mass is 10.1. The molecule has 0 saturated carbocycles. The summed E-state index contributed by atoms with van der Waals surface area (Å²) in [5, 5.41) is 5.07. The second-order valence-electron chi connectivity index (χ2n) is 6.84. The lowest BCUT2D eigenvalue weighted by Crippen LogP contribution is -2.15. The van der Waals surface area contributed by atoms with E-state index in [1.54, 1.807) is 17.6 Å². The van der Waals surface area contributed by atoms with Crippen molar-refractivity contribution in [3.63, 3.8) is 0 Å². The highest BCUT2D eigenvalue weighted by Crippen LogP contribution is 2.25. The van der Waals surface area contributed by atoms with Crippen molar-refractivity contribution in [2.75, 3.05) is 6.61 Å². The molecule has 6 nitrogen and oxygen atoms in total. The van der Waals surface area contributed by atoms with Crippen LogP contribution in [0.5, 0.6) is 0 Å². The van der Waals surface area contributed by atoms with E-state index in [4.69, 9.17) is 4.74 Å². The Morgan fingerprint density at radius 2 is 1.87 bits per heavy atom. The van der Waals surface area contributed by atoms with Gasteiger partial charge in [0.05, 0.1) is 0 Å². The van der Waals surface area contributed by atoms with E-state index in [9.17, 15) is 9.59 Å². The molecule has 0 radical (unpaired) electrons. The normalized spacial score (nSPS) is 10.9. The van der Waals surface area contributed by atoms with Crippen LogP contribution in [0, 0.1) is 20.8 Å². The van der Waals surface area contributed by atoms with E-state index in [2.05, 4.69) is 9.97 Å². The van der Waals surface area contributed by atoms with Crippen molar-refractivity contribution in [2.45, 2.75) is 20.8 Å². The van der Waals surface area contributed by atoms with Gasteiger partial charge in [-0.05, 0) is 26.8 Å². The molecule has 0 amide bonds. The summed E-state index contributed by atoms with van der Waals surface area (Å²) in [6.07, 6.45) is 1.72. The maximum Gasteiger partial charge on any atom is 0.358 e. The molecule has 1 aromatic carbocycles. The summed E-state index contributed by atoms with van der Waals surface area (Å²) in [5.74, 6) is -0.861. The van der Waals surface area contributed by atoms with Crippen molar-refractivity contribution in [2.24, 2.45) is 0 Å². The number of esters is 1. The Morgan fingerprint density at radius 1 is 1.10 bits per heavy atom. The van der Waals surface area contributed by atoms with Gasteiger partial charge < -0.3 is 4.74 Å². The number of nitrogens with zero attached hydrogens (tertiary/aromatic N) is 3. The Bertz CT molecular complexity index is 1210. The lowest BCUT2D eigenvalue weighted by molar-refractivity contribution is 0.0469. The van der Waals surface area contributed by atoms with Crippen LogP contribution < -0.4 is 0 Å². The zero-order valence-corrected chi connectivity index (χ0v) is 18.3. The molecule has 0 aliphatic rings. The maximum absolute atomic E-state index is 12.7. The minimum atomic E-state index is -0.605. The number of aryl methyl sites for hydroxylation is 2. The highest BCUT2D eigenvalue weighted by molar-refractivity contribution is 7.13. The Kier molecular flexibility index (Phi) is 5.61. The number of carbonyl (C=O) groups is 2. The molecule has 152 valence electrons. The van der Waals surface area contributed by atoms with Crippen molar-refractivity contribution in [3.8, 4) is 15.7 Å². The molecular formula is C22H19N3O3S2. The van der Waals surface area contributed by atoms with Gasteiger partial charge in [0, 0.05) is 39.5 Å². The SMILES string of the molecule is Cc1ccc(-c2nc(C(=O)OCC(=O)c3cc(C)n(-c4nccs4)c3C)cs2)cc1. The molecule has 0 spiro atoms. The Hall–Kier alpha value is -3.10. The second kappa shape index (κ2) is 8.33. The fourth-order valence-electron chi connectivity index (χ4n) is 3.14. The van der Waals surface area contributed by atoms with Gasteiger partial charge in [0.1, 0.15) is 5.01 Å². The van der Waals surface area contributed by atoms with E-state index >= 15 is 0 Å². The molecule has 0 unspecified atom stereocenters. The van der Waals surface area contributed by atoms with Crippen LogP contribution >= 0.6 is 22.7 Å². The van der Waals surface area contributed by atoms with E-state index in [1.807, 2.05) is 55.0 Å². The van der Waals surface area contributed by atoms with Gasteiger partial charge in [-0.25, -0.2) is 14.8 Å². The molecular weight excluding hydrogens is 418 g/mol. The minimum Gasteiger partial charge on any atom is -0.453 e. The third kappa shape index (κ3) is 3.96. The predicted molar refractivity (Wildman–Crippen MR) is 118 cm³/mol. The standard InChI is InChI=1S/C22H19N3O3S2/c1-13-4-6-16(7-5-13)20-24-18(12-30-20)21(27)28-11-19(26)17-10-14(2)25(15(17)3)22-23-8-9-29-22/h4-10,12H,11H2,1-3H3. The first-order valence-corrected chi connectivity index (χ1v) is 11.0. The van der Waals surface area contributed by atoms with Crippen molar-refractivity contribution < 1.29 is 14.3 Å². The molecule has 30 heavy (non-hydrogen) atoms. The van der Waals surface area contributed by atoms with Crippen LogP contribution in [-0.2, 0) is 4.74 Å². The van der Waals surface area contributed by atoms with E-state index in [0.717, 1.165) is 32.7 Å². The van der Waals surface area contributed by atoms with Gasteiger partial charge in [-0.2, -0.15) is 0 Å². The molecule has 0 aliphatic heterocycles. The first-order valence-electron chi connectivity index (χ1n) is 9.25. The Morgan fingerprint density at radius 3 is 2.57 bits per heavy atom. The second-order valence-corrected chi connectivity index (χ2v) is 8.57. The largest absolute Gasteiger partial charge is 0.453 e. The molecule has 4 aromatic rings. The van der Waals surface area contributed by atoms with Crippen LogP contribution in [0.2, 0.25) is 0 Å². The Balaban J connectivity index is 1.44. The van der Waals surface area contributed by atoms with Crippen molar-refractivity contribution >= 4 is 34.4 Å². The average molecular weight is 438 g/mol. The summed E-state index contributed by atoms with van der Waals surface area (Å²) in [6, 6.07) is 9.71. The van der Waals surface area contributed by atoms with Crippen LogP contribution in [0.3, 0.4) is 0 Å². The minimum absolute atomic E-state index is 0.205. The van der Waals surface area contributed by atoms with Gasteiger partial charge >= 0.3 is 5.97 Å². The van der Waals surface area contributed by atoms with Gasteiger partial charge in [-0.3, -0.25) is 9.36 Å². The number of rotatable bonds is 6. The van der Waals surface area contributed by atoms with Gasteiger partial charge in [-0.15, -0.1) is 22.7 Å². The zero-order valence-electron chi connectivity index (χ0n) is 16.7. The number of hydrogen-bond acceptors (Lipinski definition) is 7. The van der Waals surface area contributed by atoms with Crippen LogP contribution in [-0.4, -0.2) is 32.9 Å². The van der Waals surface area contributed by atoms with Gasteiger partial charge in [-0.1, -0.05) is 29.8 Å². The van der Waals surface area contributed by atoms with Gasteiger partial charge in [0.2, 0.25) is 5.78 Å². The van der Waals surface area contributed by atoms with E-state index < -0.39 is 5.97 Å². The third-order valence-corrected chi connectivity index (χ3v) is 6.34. The van der Waals surface area contributed by atoms with Crippen molar-refractivity contribution in [3.05, 3.63) is 75.5 Å². The highest BCUT2D eigenvalue weighted by Gasteiger charge is 2.20. The van der Waals surface area contributed by atoms with Crippen LogP contribution in [0.15, 0.2) is 47.3 Å². The molecule has 0 bridgehead atoms. The monoisotopic (exact) mass is 437 g/mol. The molecule has 0 saturated heterocycles. The van der Waals surface area contributed by atoms with Crippen molar-refractivity contribution in [1.82, 2.24) is 14.5 Å². The molecule has 0 fully saturated rings. The first kappa shape index (κ1) is 20.2. The summed E-state index contributed by atoms with van der Waals surface area (Å²) < 4.78 is 7.17. The number of Topliss-reactive ketones (excluding diaryl/α,β-unsaturated/α-hetero) is 1. The summed E-state index contributed by atoms with van der Waals surface area (Å²) in [6.45, 7) is 5.45. The summed E-state index contributed by atoms with van der Waals surface area (Å²) in [7, 11) is 0. The molecule has 3 heterocycles. The number of thiazole rings is 2. The fourth-order valence-corrected chi connectivity index (χ4v) is 4.69. The maximum atomic E-state index is 12.7. The molecule has 0 aliphatic carbocycles. The number of ketones is 1. The average Bonchev–Trinajstić information content (AvgIpc) is 3.47. The predicted octanol–water partition coefficient (Wildman–Crippen LogP) is 5.02. The quantitative estimate of drug-likeness (QED) is 0.313. The summed E-state index contributed by atoms with van der Waals surface area (Å²) in [4.78, 5) is 33.7. The number of benzene rings is 1. The Labute approximate surface area is 181 Å². The first-order chi connectivity index (χ1) is 14.4. The highest BCUT2D eigenvalue weighted by atomic mass is 32.1. The van der Waals surface area contributed by atoms with E-state index in [0.29, 0.717) is 5.56 Å². The van der Waals surface area contributed by atoms with Gasteiger partial charge in [0.25, 0.3) is 0 Å². The van der Waals surface area contributed by atoms with E-state index in [1.165, 1.54) is 22.7 Å². The molecule has 3 aromatic heterocycles. The van der Waals surface area contributed by atoms with Crippen molar-refractivity contribution in [1.29, 1.82) is 0 Å². The lowest BCUT2D eigenvalue weighted by Gasteiger charge is -2.06. The third-order valence-electron chi connectivity index (χ3n) is 4.69. The zero-order chi connectivity index (χ0) is 21.3. The summed E-state index contributed by atoms with van der Waals surface area (Å²) in [5.41, 5.74) is 4.50. The van der Waals surface area contributed by atoms with E-state index in [-0.39, 0.29) is 18.1 Å². The fraction of sp³-hybridized carbons (Fsp3) is 0.182. The summed E-state index contributed by atoms with van der Waals surface area (Å²) >= 11 is 2.86. The smallest absolute Gasteiger partial charge is 0.358 e. The molecule has 0 atom stereocenters. The number of hydrogen-bond donors (Lipinski definition) is 0. The number of aromatic nitrogens is 3. The topological polar surface area (TPSA) is 74.1 Å². The van der Waals surface area contributed by atoms with Crippen LogP contribution in [0.4, 0.5) is 0 Å². The van der Waals surface area contributed by atoms with Crippen LogP contribution in [0.25, 0.3) is 15.7 Å².